The predicted molar refractivity (Wildman–Crippen MR) is 115 cm³/mol. The van der Waals surface area contributed by atoms with Crippen molar-refractivity contribution < 1.29 is 13.2 Å². The van der Waals surface area contributed by atoms with E-state index in [0.29, 0.717) is 19.6 Å². The van der Waals surface area contributed by atoms with Crippen molar-refractivity contribution in [2.24, 2.45) is 5.92 Å². The number of rotatable bonds is 10. The van der Waals surface area contributed by atoms with E-state index in [0.717, 1.165) is 44.5 Å². The summed E-state index contributed by atoms with van der Waals surface area (Å²) < 4.78 is 29.5. The van der Waals surface area contributed by atoms with Crippen LogP contribution in [0.1, 0.15) is 24.8 Å². The van der Waals surface area contributed by atoms with Gasteiger partial charge in [0.15, 0.2) is 0 Å². The fourth-order valence-corrected chi connectivity index (χ4v) is 4.77. The van der Waals surface area contributed by atoms with E-state index >= 15 is 0 Å². The Hall–Kier alpha value is -2.23. The lowest BCUT2D eigenvalue weighted by molar-refractivity contribution is -0.122. The lowest BCUT2D eigenvalue weighted by Gasteiger charge is -2.32. The molecule has 2 aromatic rings. The van der Waals surface area contributed by atoms with Gasteiger partial charge in [-0.05, 0) is 56.8 Å². The van der Waals surface area contributed by atoms with Gasteiger partial charge in [-0.2, -0.15) is 5.10 Å². The first-order valence-electron chi connectivity index (χ1n) is 10.5. The van der Waals surface area contributed by atoms with Gasteiger partial charge in [0, 0.05) is 38.6 Å². The van der Waals surface area contributed by atoms with Crippen LogP contribution in [0.3, 0.4) is 0 Å². The van der Waals surface area contributed by atoms with Crippen molar-refractivity contribution in [3.05, 3.63) is 48.3 Å². The second-order valence-electron chi connectivity index (χ2n) is 7.88. The quantitative estimate of drug-likeness (QED) is 0.552. The number of piperidine rings is 1. The third-order valence-electron chi connectivity index (χ3n) is 5.31. The molecule has 3 rings (SSSR count). The molecular formula is C21H31N5O3S. The molecule has 0 spiro atoms. The zero-order chi connectivity index (χ0) is 21.4. The van der Waals surface area contributed by atoms with E-state index in [2.05, 4.69) is 20.0 Å². The highest BCUT2D eigenvalue weighted by atomic mass is 32.2. The molecule has 0 aliphatic carbocycles. The van der Waals surface area contributed by atoms with Crippen LogP contribution in [0.15, 0.2) is 47.6 Å². The van der Waals surface area contributed by atoms with Crippen molar-refractivity contribution in [1.29, 1.82) is 0 Å². The minimum atomic E-state index is -3.51. The predicted octanol–water partition coefficient (Wildman–Crippen LogP) is 1.39. The molecule has 9 heteroatoms. The summed E-state index contributed by atoms with van der Waals surface area (Å²) in [4.78, 5) is 14.6. The van der Waals surface area contributed by atoms with Gasteiger partial charge in [0.05, 0.1) is 11.4 Å². The Morgan fingerprint density at radius 3 is 2.80 bits per heavy atom. The molecule has 1 saturated heterocycles. The van der Waals surface area contributed by atoms with Crippen LogP contribution in [-0.2, 0) is 21.4 Å². The van der Waals surface area contributed by atoms with Gasteiger partial charge in [0.2, 0.25) is 15.9 Å². The molecule has 0 saturated carbocycles. The van der Waals surface area contributed by atoms with Crippen LogP contribution in [0.4, 0.5) is 0 Å². The van der Waals surface area contributed by atoms with Gasteiger partial charge in [-0.15, -0.1) is 0 Å². The summed E-state index contributed by atoms with van der Waals surface area (Å²) in [6.07, 6.45) is 6.40. The van der Waals surface area contributed by atoms with E-state index in [1.807, 2.05) is 23.9 Å². The number of nitrogens with zero attached hydrogens (tertiary/aromatic N) is 3. The fourth-order valence-electron chi connectivity index (χ4n) is 3.65. The van der Waals surface area contributed by atoms with E-state index in [9.17, 15) is 13.2 Å². The smallest absolute Gasteiger partial charge is 0.240 e. The lowest BCUT2D eigenvalue weighted by Crippen LogP contribution is -2.45. The van der Waals surface area contributed by atoms with E-state index in [-0.39, 0.29) is 16.7 Å². The fraction of sp³-hybridized carbons (Fsp3) is 0.524. The van der Waals surface area contributed by atoms with E-state index in [4.69, 9.17) is 0 Å². The van der Waals surface area contributed by atoms with Gasteiger partial charge in [-0.1, -0.05) is 17.7 Å². The number of sulfonamides is 1. The highest BCUT2D eigenvalue weighted by Gasteiger charge is 2.23. The van der Waals surface area contributed by atoms with E-state index in [1.165, 1.54) is 0 Å². The third-order valence-corrected chi connectivity index (χ3v) is 6.75. The topological polar surface area (TPSA) is 96.3 Å². The van der Waals surface area contributed by atoms with Crippen LogP contribution in [-0.4, -0.2) is 61.7 Å². The van der Waals surface area contributed by atoms with Gasteiger partial charge in [-0.3, -0.25) is 14.4 Å². The zero-order valence-electron chi connectivity index (χ0n) is 17.5. The Morgan fingerprint density at radius 1 is 1.27 bits per heavy atom. The molecule has 164 valence electrons. The molecule has 0 radical (unpaired) electrons. The summed E-state index contributed by atoms with van der Waals surface area (Å²) in [6.45, 7) is 5.64. The maximum absolute atomic E-state index is 12.5. The Balaban J connectivity index is 1.38. The summed E-state index contributed by atoms with van der Waals surface area (Å²) in [5, 5.41) is 7.10. The van der Waals surface area contributed by atoms with E-state index in [1.54, 1.807) is 30.5 Å². The van der Waals surface area contributed by atoms with E-state index < -0.39 is 10.0 Å². The SMILES string of the molecule is Cc1ccc(S(=O)(=O)NCC2CCCN(CC(=O)NCCCn3cccn3)C2)cc1. The molecule has 0 bridgehead atoms. The van der Waals surface area contributed by atoms with Crippen molar-refractivity contribution in [3.8, 4) is 0 Å². The van der Waals surface area contributed by atoms with Crippen LogP contribution < -0.4 is 10.0 Å². The number of aryl methyl sites for hydroxylation is 2. The number of carbonyl (C=O) groups excluding carboxylic acids is 1. The maximum atomic E-state index is 12.5. The Morgan fingerprint density at radius 2 is 2.07 bits per heavy atom. The molecule has 30 heavy (non-hydrogen) atoms. The number of hydrogen-bond donors (Lipinski definition) is 2. The van der Waals surface area contributed by atoms with Crippen molar-refractivity contribution in [1.82, 2.24) is 24.7 Å². The molecule has 1 aliphatic heterocycles. The number of nitrogens with one attached hydrogen (secondary N) is 2. The first kappa shape index (κ1) is 22.5. The number of amides is 1. The third kappa shape index (κ3) is 6.93. The highest BCUT2D eigenvalue weighted by Crippen LogP contribution is 2.17. The summed E-state index contributed by atoms with van der Waals surface area (Å²) in [5.74, 6) is 0.211. The van der Waals surface area contributed by atoms with Crippen LogP contribution in [0.5, 0.6) is 0 Å². The zero-order valence-corrected chi connectivity index (χ0v) is 18.3. The molecule has 2 N–H and O–H groups in total. The number of carbonyl (C=O) groups is 1. The molecule has 8 nitrogen and oxygen atoms in total. The summed E-state index contributed by atoms with van der Waals surface area (Å²) in [7, 11) is -3.51. The Bertz CT molecular complexity index is 897. The first-order chi connectivity index (χ1) is 14.4. The molecule has 2 heterocycles. The van der Waals surface area contributed by atoms with Gasteiger partial charge >= 0.3 is 0 Å². The summed E-state index contributed by atoms with van der Waals surface area (Å²) in [6, 6.07) is 8.73. The van der Waals surface area contributed by atoms with Crippen LogP contribution in [0.25, 0.3) is 0 Å². The maximum Gasteiger partial charge on any atom is 0.240 e. The molecule has 1 amide bonds. The molecule has 1 fully saturated rings. The summed E-state index contributed by atoms with van der Waals surface area (Å²) >= 11 is 0. The highest BCUT2D eigenvalue weighted by molar-refractivity contribution is 7.89. The van der Waals surface area contributed by atoms with Crippen molar-refractivity contribution in [2.75, 3.05) is 32.7 Å². The molecule has 1 aliphatic rings. The minimum absolute atomic E-state index is 0.0105. The number of likely N-dealkylation sites (tertiary alicyclic amines) is 1. The average molecular weight is 434 g/mol. The van der Waals surface area contributed by atoms with Gasteiger partial charge in [0.1, 0.15) is 0 Å². The second-order valence-corrected chi connectivity index (χ2v) is 9.65. The van der Waals surface area contributed by atoms with Crippen LogP contribution >= 0.6 is 0 Å². The lowest BCUT2D eigenvalue weighted by atomic mass is 9.98. The van der Waals surface area contributed by atoms with Gasteiger partial charge < -0.3 is 5.32 Å². The number of hydrogen-bond acceptors (Lipinski definition) is 5. The van der Waals surface area contributed by atoms with Crippen molar-refractivity contribution in [3.63, 3.8) is 0 Å². The Labute approximate surface area is 178 Å². The first-order valence-corrected chi connectivity index (χ1v) is 11.9. The Kier molecular flexibility index (Phi) is 8.01. The normalized spacial score (nSPS) is 17.7. The molecule has 1 aromatic carbocycles. The number of benzene rings is 1. The minimum Gasteiger partial charge on any atom is -0.355 e. The summed E-state index contributed by atoms with van der Waals surface area (Å²) in [5.41, 5.74) is 1.02. The number of aromatic nitrogens is 2. The standard InChI is InChI=1S/C21H31N5O3S/c1-18-6-8-20(9-7-18)30(28,29)24-15-19-5-2-12-25(16-19)17-21(27)22-10-3-13-26-14-4-11-23-26/h4,6-9,11,14,19,24H,2-3,5,10,12-13,15-17H2,1H3,(H,22,27). The largest absolute Gasteiger partial charge is 0.355 e. The molecular weight excluding hydrogens is 402 g/mol. The van der Waals surface area contributed by atoms with Crippen molar-refractivity contribution >= 4 is 15.9 Å². The molecule has 1 unspecified atom stereocenters. The van der Waals surface area contributed by atoms with Crippen LogP contribution in [0.2, 0.25) is 0 Å². The average Bonchev–Trinajstić information content (AvgIpc) is 3.24. The molecule has 1 atom stereocenters. The van der Waals surface area contributed by atoms with Crippen molar-refractivity contribution in [2.45, 2.75) is 37.6 Å². The van der Waals surface area contributed by atoms with Crippen LogP contribution in [0, 0.1) is 12.8 Å². The second kappa shape index (κ2) is 10.7. The van der Waals surface area contributed by atoms with Gasteiger partial charge in [-0.25, -0.2) is 13.1 Å². The van der Waals surface area contributed by atoms with Gasteiger partial charge in [0.25, 0.3) is 0 Å². The molecule has 1 aromatic heterocycles. The monoisotopic (exact) mass is 433 g/mol.